The number of hydrogen-bond donors (Lipinski definition) is 1. The fourth-order valence-electron chi connectivity index (χ4n) is 1.02. The van der Waals surface area contributed by atoms with Crippen molar-refractivity contribution in [1.82, 2.24) is 15.0 Å². The molecule has 0 bridgehead atoms. The molecule has 2 heterocycles. The Labute approximate surface area is 87.0 Å². The minimum absolute atomic E-state index is 0.223. The summed E-state index contributed by atoms with van der Waals surface area (Å²) in [6.07, 6.45) is 3.15. The van der Waals surface area contributed by atoms with E-state index >= 15 is 0 Å². The highest BCUT2D eigenvalue weighted by Crippen LogP contribution is 2.16. The Balaban J connectivity index is 2.18. The molecule has 76 valence electrons. The van der Waals surface area contributed by atoms with E-state index in [1.807, 2.05) is 13.0 Å². The van der Waals surface area contributed by atoms with Gasteiger partial charge in [-0.05, 0) is 25.1 Å². The average molecular weight is 202 g/mol. The zero-order valence-electron chi connectivity index (χ0n) is 8.21. The summed E-state index contributed by atoms with van der Waals surface area (Å²) in [5.41, 5.74) is 6.42. The minimum atomic E-state index is 0.223. The summed E-state index contributed by atoms with van der Waals surface area (Å²) in [4.78, 5) is 11.9. The fourth-order valence-corrected chi connectivity index (χ4v) is 1.02. The Morgan fingerprint density at radius 2 is 2.07 bits per heavy atom. The second-order valence-corrected chi connectivity index (χ2v) is 3.00. The number of pyridine rings is 1. The number of hydrogen-bond acceptors (Lipinski definition) is 5. The van der Waals surface area contributed by atoms with Crippen LogP contribution in [0, 0.1) is 6.92 Å². The van der Waals surface area contributed by atoms with Gasteiger partial charge in [0.05, 0.1) is 6.20 Å². The van der Waals surface area contributed by atoms with E-state index in [1.165, 1.54) is 0 Å². The first kappa shape index (κ1) is 9.39. The maximum Gasteiger partial charge on any atom is 0.323 e. The minimum Gasteiger partial charge on any atom is -0.423 e. The van der Waals surface area contributed by atoms with E-state index in [1.54, 1.807) is 24.5 Å². The predicted molar refractivity (Wildman–Crippen MR) is 55.5 cm³/mol. The van der Waals surface area contributed by atoms with Crippen molar-refractivity contribution in [3.05, 3.63) is 36.3 Å². The van der Waals surface area contributed by atoms with Crippen LogP contribution in [-0.4, -0.2) is 15.0 Å². The molecule has 0 atom stereocenters. The molecule has 5 heteroatoms. The highest BCUT2D eigenvalue weighted by Gasteiger charge is 2.00. The summed E-state index contributed by atoms with van der Waals surface area (Å²) < 4.78 is 5.35. The summed E-state index contributed by atoms with van der Waals surface area (Å²) in [7, 11) is 0. The fraction of sp³-hybridized carbons (Fsp3) is 0.100. The lowest BCUT2D eigenvalue weighted by molar-refractivity contribution is 0.440. The van der Waals surface area contributed by atoms with Crippen LogP contribution in [0.2, 0.25) is 0 Å². The molecule has 2 N–H and O–H groups in total. The van der Waals surface area contributed by atoms with E-state index in [4.69, 9.17) is 10.5 Å². The summed E-state index contributed by atoms with van der Waals surface area (Å²) >= 11 is 0. The third kappa shape index (κ3) is 2.40. The van der Waals surface area contributed by atoms with Crippen LogP contribution in [0.3, 0.4) is 0 Å². The third-order valence-corrected chi connectivity index (χ3v) is 1.75. The Morgan fingerprint density at radius 1 is 1.20 bits per heavy atom. The quantitative estimate of drug-likeness (QED) is 0.799. The predicted octanol–water partition coefficient (Wildman–Crippen LogP) is 1.55. The smallest absolute Gasteiger partial charge is 0.323 e. The van der Waals surface area contributed by atoms with Crippen LogP contribution in [0.15, 0.2) is 30.6 Å². The van der Waals surface area contributed by atoms with Crippen molar-refractivity contribution in [3.63, 3.8) is 0 Å². The van der Waals surface area contributed by atoms with E-state index < -0.39 is 0 Å². The van der Waals surface area contributed by atoms with E-state index in [0.717, 1.165) is 5.69 Å². The van der Waals surface area contributed by atoms with Crippen LogP contribution in [0.1, 0.15) is 5.69 Å². The van der Waals surface area contributed by atoms with Crippen molar-refractivity contribution in [2.45, 2.75) is 6.92 Å². The number of nitrogens with zero attached hydrogens (tertiary/aromatic N) is 3. The van der Waals surface area contributed by atoms with Gasteiger partial charge in [0.25, 0.3) is 0 Å². The topological polar surface area (TPSA) is 73.9 Å². The average Bonchev–Trinajstić information content (AvgIpc) is 2.22. The molecule has 0 fully saturated rings. The molecule has 2 rings (SSSR count). The molecule has 0 saturated carbocycles. The van der Waals surface area contributed by atoms with Gasteiger partial charge >= 0.3 is 6.01 Å². The van der Waals surface area contributed by atoms with Gasteiger partial charge in [-0.15, -0.1) is 0 Å². The van der Waals surface area contributed by atoms with Crippen LogP contribution in [0.25, 0.3) is 0 Å². The maximum atomic E-state index is 5.49. The summed E-state index contributed by atoms with van der Waals surface area (Å²) in [5.74, 6) is 0.964. The molecule has 0 aliphatic heterocycles. The lowest BCUT2D eigenvalue weighted by atomic mass is 10.4. The SMILES string of the molecule is Cc1ccc(Oc2nccc(N)n2)cn1. The Morgan fingerprint density at radius 3 is 2.73 bits per heavy atom. The molecular weight excluding hydrogens is 192 g/mol. The lowest BCUT2D eigenvalue weighted by Crippen LogP contribution is -1.96. The van der Waals surface area contributed by atoms with Crippen molar-refractivity contribution in [3.8, 4) is 11.8 Å². The van der Waals surface area contributed by atoms with Gasteiger partial charge in [0, 0.05) is 11.9 Å². The Kier molecular flexibility index (Phi) is 2.45. The highest BCUT2D eigenvalue weighted by atomic mass is 16.5. The third-order valence-electron chi connectivity index (χ3n) is 1.75. The molecule has 0 aliphatic rings. The first-order valence-electron chi connectivity index (χ1n) is 4.43. The van der Waals surface area contributed by atoms with E-state index in [0.29, 0.717) is 11.6 Å². The molecule has 0 aromatic carbocycles. The number of anilines is 1. The van der Waals surface area contributed by atoms with Crippen LogP contribution >= 0.6 is 0 Å². The van der Waals surface area contributed by atoms with Crippen molar-refractivity contribution in [2.24, 2.45) is 0 Å². The first-order valence-corrected chi connectivity index (χ1v) is 4.43. The number of aromatic nitrogens is 3. The molecule has 5 nitrogen and oxygen atoms in total. The van der Waals surface area contributed by atoms with Crippen LogP contribution in [0.5, 0.6) is 11.8 Å². The van der Waals surface area contributed by atoms with Gasteiger partial charge in [-0.3, -0.25) is 4.98 Å². The molecule has 2 aromatic heterocycles. The van der Waals surface area contributed by atoms with Gasteiger partial charge in [-0.25, -0.2) is 4.98 Å². The van der Waals surface area contributed by atoms with Gasteiger partial charge in [-0.1, -0.05) is 0 Å². The van der Waals surface area contributed by atoms with Crippen LogP contribution < -0.4 is 10.5 Å². The number of ether oxygens (including phenoxy) is 1. The monoisotopic (exact) mass is 202 g/mol. The second-order valence-electron chi connectivity index (χ2n) is 3.00. The Bertz CT molecular complexity index is 455. The number of rotatable bonds is 2. The molecule has 0 radical (unpaired) electrons. The Hall–Kier alpha value is -2.17. The zero-order valence-corrected chi connectivity index (χ0v) is 8.21. The van der Waals surface area contributed by atoms with Gasteiger partial charge < -0.3 is 10.5 Å². The molecule has 0 aliphatic carbocycles. The normalized spacial score (nSPS) is 9.93. The molecule has 2 aromatic rings. The molecular formula is C10H10N4O. The summed E-state index contributed by atoms with van der Waals surface area (Å²) in [5, 5.41) is 0. The van der Waals surface area contributed by atoms with Crippen molar-refractivity contribution in [2.75, 3.05) is 5.73 Å². The number of aryl methyl sites for hydroxylation is 1. The maximum absolute atomic E-state index is 5.49. The highest BCUT2D eigenvalue weighted by molar-refractivity contribution is 5.29. The van der Waals surface area contributed by atoms with Crippen LogP contribution in [-0.2, 0) is 0 Å². The van der Waals surface area contributed by atoms with E-state index in [9.17, 15) is 0 Å². The molecule has 15 heavy (non-hydrogen) atoms. The zero-order chi connectivity index (χ0) is 10.7. The van der Waals surface area contributed by atoms with Gasteiger partial charge in [0.15, 0.2) is 0 Å². The standard InChI is InChI=1S/C10H10N4O/c1-7-2-3-8(6-13-7)15-10-12-5-4-9(11)14-10/h2-6H,1H3,(H2,11,12,14). The molecule has 0 amide bonds. The van der Waals surface area contributed by atoms with E-state index in [-0.39, 0.29) is 6.01 Å². The first-order chi connectivity index (χ1) is 7.24. The molecule has 0 unspecified atom stereocenters. The van der Waals surface area contributed by atoms with Crippen molar-refractivity contribution in [1.29, 1.82) is 0 Å². The lowest BCUT2D eigenvalue weighted by Gasteiger charge is -2.03. The van der Waals surface area contributed by atoms with E-state index in [2.05, 4.69) is 15.0 Å². The summed E-state index contributed by atoms with van der Waals surface area (Å²) in [6.45, 7) is 1.90. The van der Waals surface area contributed by atoms with Gasteiger partial charge in [0.2, 0.25) is 0 Å². The van der Waals surface area contributed by atoms with Gasteiger partial charge in [-0.2, -0.15) is 4.98 Å². The largest absolute Gasteiger partial charge is 0.423 e. The van der Waals surface area contributed by atoms with Crippen LogP contribution in [0.4, 0.5) is 5.82 Å². The van der Waals surface area contributed by atoms with Crippen molar-refractivity contribution >= 4 is 5.82 Å². The van der Waals surface area contributed by atoms with Gasteiger partial charge in [0.1, 0.15) is 11.6 Å². The molecule has 0 saturated heterocycles. The molecule has 0 spiro atoms. The number of nitrogens with two attached hydrogens (primary N) is 1. The second kappa shape index (κ2) is 3.91. The van der Waals surface area contributed by atoms with Crippen molar-refractivity contribution < 1.29 is 4.74 Å². The number of nitrogen functional groups attached to an aromatic ring is 1. The summed E-state index contributed by atoms with van der Waals surface area (Å²) in [6, 6.07) is 5.47.